The molecular weight excluding hydrogens is 406 g/mol. The van der Waals surface area contributed by atoms with Crippen molar-refractivity contribution in [2.45, 2.75) is 43.7 Å². The molecule has 3 rings (SSSR count). The highest BCUT2D eigenvalue weighted by molar-refractivity contribution is 7.89. The van der Waals surface area contributed by atoms with E-state index in [4.69, 9.17) is 9.47 Å². The Balaban J connectivity index is 1.63. The van der Waals surface area contributed by atoms with Gasteiger partial charge in [-0.3, -0.25) is 4.79 Å². The van der Waals surface area contributed by atoms with Crippen LogP contribution in [0.5, 0.6) is 5.88 Å². The molecule has 1 aromatic carbocycles. The molecule has 1 saturated heterocycles. The van der Waals surface area contributed by atoms with Gasteiger partial charge in [-0.05, 0) is 43.5 Å². The third-order valence-corrected chi connectivity index (χ3v) is 6.09. The summed E-state index contributed by atoms with van der Waals surface area (Å²) >= 11 is 0. The van der Waals surface area contributed by atoms with Crippen LogP contribution in [0.3, 0.4) is 0 Å². The number of hydrogen-bond donors (Lipinski definition) is 2. The first-order valence-corrected chi connectivity index (χ1v) is 11.5. The lowest BCUT2D eigenvalue weighted by atomic mass is 10.2. The average molecular weight is 434 g/mol. The van der Waals surface area contributed by atoms with Gasteiger partial charge in [0.2, 0.25) is 15.9 Å². The number of sulfonamides is 1. The highest BCUT2D eigenvalue weighted by atomic mass is 32.2. The second kappa shape index (κ2) is 10.5. The summed E-state index contributed by atoms with van der Waals surface area (Å²) in [7, 11) is -3.73. The highest BCUT2D eigenvalue weighted by Crippen LogP contribution is 2.16. The summed E-state index contributed by atoms with van der Waals surface area (Å²) in [6.07, 6.45) is 4.15. The van der Waals surface area contributed by atoms with E-state index in [1.165, 1.54) is 12.1 Å². The maximum atomic E-state index is 12.6. The van der Waals surface area contributed by atoms with Gasteiger partial charge in [-0.15, -0.1) is 0 Å². The number of rotatable bonds is 10. The van der Waals surface area contributed by atoms with Crippen LogP contribution < -0.4 is 14.8 Å². The monoisotopic (exact) mass is 433 g/mol. The zero-order chi connectivity index (χ0) is 21.4. The average Bonchev–Trinajstić information content (AvgIpc) is 3.29. The van der Waals surface area contributed by atoms with Crippen LogP contribution in [0.1, 0.15) is 42.1 Å². The predicted molar refractivity (Wildman–Crippen MR) is 112 cm³/mol. The van der Waals surface area contributed by atoms with Gasteiger partial charge in [-0.2, -0.15) is 0 Å². The number of aromatic nitrogens is 1. The molecule has 162 valence electrons. The summed E-state index contributed by atoms with van der Waals surface area (Å²) in [4.78, 5) is 16.8. The van der Waals surface area contributed by atoms with Crippen LogP contribution in [0.4, 0.5) is 0 Å². The fourth-order valence-electron chi connectivity index (χ4n) is 3.06. The van der Waals surface area contributed by atoms with E-state index in [1.54, 1.807) is 24.4 Å². The molecule has 9 heteroatoms. The van der Waals surface area contributed by atoms with Crippen LogP contribution in [0.2, 0.25) is 0 Å². The normalized spacial score (nSPS) is 16.4. The van der Waals surface area contributed by atoms with Crippen LogP contribution in [-0.2, 0) is 21.3 Å². The number of nitrogens with zero attached hydrogens (tertiary/aromatic N) is 1. The van der Waals surface area contributed by atoms with Gasteiger partial charge >= 0.3 is 0 Å². The van der Waals surface area contributed by atoms with Crippen molar-refractivity contribution in [2.75, 3.05) is 19.8 Å². The van der Waals surface area contributed by atoms with Crippen LogP contribution in [0.25, 0.3) is 0 Å². The maximum absolute atomic E-state index is 12.6. The van der Waals surface area contributed by atoms with Gasteiger partial charge in [-0.25, -0.2) is 18.1 Å². The van der Waals surface area contributed by atoms with Gasteiger partial charge in [-0.1, -0.05) is 19.1 Å². The summed E-state index contributed by atoms with van der Waals surface area (Å²) in [5, 5.41) is 2.79. The number of nitrogens with one attached hydrogen (secondary N) is 2. The van der Waals surface area contributed by atoms with Crippen molar-refractivity contribution in [3.63, 3.8) is 0 Å². The first kappa shape index (κ1) is 22.2. The molecule has 1 atom stereocenters. The lowest BCUT2D eigenvalue weighted by Gasteiger charge is -2.13. The minimum atomic E-state index is -3.73. The lowest BCUT2D eigenvalue weighted by molar-refractivity contribution is 0.0950. The first-order chi connectivity index (χ1) is 14.5. The molecular formula is C21H27N3O5S. The van der Waals surface area contributed by atoms with Crippen molar-refractivity contribution < 1.29 is 22.7 Å². The van der Waals surface area contributed by atoms with Gasteiger partial charge < -0.3 is 14.8 Å². The molecule has 8 nitrogen and oxygen atoms in total. The van der Waals surface area contributed by atoms with Crippen molar-refractivity contribution >= 4 is 15.9 Å². The van der Waals surface area contributed by atoms with E-state index in [2.05, 4.69) is 15.0 Å². The number of pyridine rings is 1. The molecule has 1 aromatic heterocycles. The van der Waals surface area contributed by atoms with Crippen LogP contribution in [0, 0.1) is 0 Å². The Morgan fingerprint density at radius 1 is 1.30 bits per heavy atom. The zero-order valence-electron chi connectivity index (χ0n) is 17.0. The molecule has 1 aliphatic rings. The Morgan fingerprint density at radius 3 is 2.93 bits per heavy atom. The number of amides is 1. The van der Waals surface area contributed by atoms with Crippen molar-refractivity contribution in [2.24, 2.45) is 0 Å². The van der Waals surface area contributed by atoms with Gasteiger partial charge in [0.05, 0.1) is 17.6 Å². The van der Waals surface area contributed by atoms with Crippen molar-refractivity contribution in [3.8, 4) is 5.88 Å². The van der Waals surface area contributed by atoms with Crippen molar-refractivity contribution in [1.29, 1.82) is 0 Å². The van der Waals surface area contributed by atoms with Crippen LogP contribution in [-0.4, -0.2) is 45.2 Å². The quantitative estimate of drug-likeness (QED) is 0.595. The highest BCUT2D eigenvalue weighted by Gasteiger charge is 2.21. The molecule has 0 aliphatic carbocycles. The lowest BCUT2D eigenvalue weighted by Crippen LogP contribution is -2.32. The Labute approximate surface area is 177 Å². The molecule has 0 radical (unpaired) electrons. The van der Waals surface area contributed by atoms with E-state index < -0.39 is 10.0 Å². The summed E-state index contributed by atoms with van der Waals surface area (Å²) in [6, 6.07) is 9.56. The minimum Gasteiger partial charge on any atom is -0.477 e. The molecule has 2 aromatic rings. The topological polar surface area (TPSA) is 107 Å². The molecule has 1 unspecified atom stereocenters. The Hall–Kier alpha value is -2.49. The van der Waals surface area contributed by atoms with E-state index >= 15 is 0 Å². The summed E-state index contributed by atoms with van der Waals surface area (Å²) < 4.78 is 38.7. The molecule has 2 N–H and O–H groups in total. The molecule has 0 saturated carbocycles. The molecule has 0 bridgehead atoms. The molecule has 30 heavy (non-hydrogen) atoms. The number of hydrogen-bond acceptors (Lipinski definition) is 6. The zero-order valence-corrected chi connectivity index (χ0v) is 17.8. The predicted octanol–water partition coefficient (Wildman–Crippen LogP) is 2.26. The van der Waals surface area contributed by atoms with Crippen LogP contribution >= 0.6 is 0 Å². The number of benzene rings is 1. The van der Waals surface area contributed by atoms with Gasteiger partial charge in [0.25, 0.3) is 5.91 Å². The van der Waals surface area contributed by atoms with Gasteiger partial charge in [0, 0.05) is 37.0 Å². The van der Waals surface area contributed by atoms with Crippen molar-refractivity contribution in [3.05, 3.63) is 53.7 Å². The van der Waals surface area contributed by atoms with E-state index in [1.807, 2.05) is 13.0 Å². The number of carbonyl (C=O) groups is 1. The molecule has 1 aliphatic heterocycles. The standard InChI is InChI=1S/C21H27N3O5S/c1-2-11-29-21-17(7-4-10-22-21)14-23-20(25)16-6-3-9-19(13-16)30(26,27)24-15-18-8-5-12-28-18/h3-4,6-7,9-10,13,18,24H,2,5,8,11-12,14-15H2,1H3,(H,23,25). The molecule has 0 spiro atoms. The van der Waals surface area contributed by atoms with Crippen LogP contribution in [0.15, 0.2) is 47.5 Å². The number of carbonyl (C=O) groups excluding carboxylic acids is 1. The Bertz CT molecular complexity index is 959. The molecule has 1 fully saturated rings. The van der Waals surface area contributed by atoms with Crippen molar-refractivity contribution in [1.82, 2.24) is 15.0 Å². The first-order valence-electron chi connectivity index (χ1n) is 10.1. The Morgan fingerprint density at radius 2 is 2.17 bits per heavy atom. The van der Waals surface area contributed by atoms with E-state index in [0.29, 0.717) is 19.1 Å². The third-order valence-electron chi connectivity index (χ3n) is 4.66. The largest absolute Gasteiger partial charge is 0.477 e. The van der Waals surface area contributed by atoms with Gasteiger partial charge in [0.15, 0.2) is 0 Å². The molecule has 2 heterocycles. The summed E-state index contributed by atoms with van der Waals surface area (Å²) in [5.41, 5.74) is 1.01. The second-order valence-corrected chi connectivity index (χ2v) is 8.78. The summed E-state index contributed by atoms with van der Waals surface area (Å²) in [5.74, 6) is 0.103. The van der Waals surface area contributed by atoms with Gasteiger partial charge in [0.1, 0.15) is 0 Å². The maximum Gasteiger partial charge on any atom is 0.251 e. The fraction of sp³-hybridized carbons (Fsp3) is 0.429. The smallest absolute Gasteiger partial charge is 0.251 e. The van der Waals surface area contributed by atoms with E-state index in [-0.39, 0.29) is 35.6 Å². The SMILES string of the molecule is CCCOc1ncccc1CNC(=O)c1cccc(S(=O)(=O)NCC2CCCO2)c1. The minimum absolute atomic E-state index is 0.0430. The fourth-order valence-corrected chi connectivity index (χ4v) is 4.17. The van der Waals surface area contributed by atoms with E-state index in [9.17, 15) is 13.2 Å². The van der Waals surface area contributed by atoms with E-state index in [0.717, 1.165) is 24.8 Å². The Kier molecular flexibility index (Phi) is 7.78. The molecule has 1 amide bonds. The number of ether oxygens (including phenoxy) is 2. The summed E-state index contributed by atoms with van der Waals surface area (Å²) in [6.45, 7) is 3.64. The second-order valence-electron chi connectivity index (χ2n) is 7.01. The third kappa shape index (κ3) is 6.01.